The first-order chi connectivity index (χ1) is 5.49. The molecule has 1 atom stereocenters. The van der Waals surface area contributed by atoms with Gasteiger partial charge in [-0.05, 0) is 19.8 Å². The molecule has 1 heterocycles. The minimum atomic E-state index is -2.76. The largest absolute Gasteiger partial charge is 0.465 e. The van der Waals surface area contributed by atoms with E-state index in [0.717, 1.165) is 6.92 Å². The van der Waals surface area contributed by atoms with E-state index in [1.807, 2.05) is 0 Å². The van der Waals surface area contributed by atoms with Crippen LogP contribution in [0.3, 0.4) is 0 Å². The molecule has 0 aliphatic carbocycles. The van der Waals surface area contributed by atoms with Crippen molar-refractivity contribution in [1.29, 1.82) is 0 Å². The van der Waals surface area contributed by atoms with Crippen LogP contribution in [0.5, 0.6) is 0 Å². The molecule has 1 aliphatic rings. The monoisotopic (exact) mass is 178 g/mol. The lowest BCUT2D eigenvalue weighted by molar-refractivity contribution is -0.156. The van der Waals surface area contributed by atoms with Gasteiger partial charge in [-0.25, -0.2) is 8.78 Å². The van der Waals surface area contributed by atoms with Crippen molar-refractivity contribution in [3.63, 3.8) is 0 Å². The first kappa shape index (κ1) is 9.42. The number of hydrogen-bond donors (Lipinski definition) is 0. The van der Waals surface area contributed by atoms with Crippen LogP contribution in [0.4, 0.5) is 8.78 Å². The summed E-state index contributed by atoms with van der Waals surface area (Å²) in [6, 6.07) is 0. The molecule has 0 N–H and O–H groups in total. The molecule has 0 amide bonds. The summed E-state index contributed by atoms with van der Waals surface area (Å²) in [7, 11) is 0. The van der Waals surface area contributed by atoms with Gasteiger partial charge in [0.25, 0.3) is 0 Å². The summed E-state index contributed by atoms with van der Waals surface area (Å²) in [5, 5.41) is 0. The molecule has 0 saturated carbocycles. The van der Waals surface area contributed by atoms with E-state index in [1.54, 1.807) is 0 Å². The first-order valence-electron chi connectivity index (χ1n) is 4.03. The van der Waals surface area contributed by atoms with E-state index in [2.05, 4.69) is 4.74 Å². The highest BCUT2D eigenvalue weighted by Crippen LogP contribution is 2.28. The zero-order valence-electron chi connectivity index (χ0n) is 6.98. The third-order valence-electron chi connectivity index (χ3n) is 1.88. The van der Waals surface area contributed by atoms with Gasteiger partial charge in [0.05, 0.1) is 12.5 Å². The van der Waals surface area contributed by atoms with Crippen molar-refractivity contribution < 1.29 is 18.3 Å². The number of hydrogen-bond acceptors (Lipinski definition) is 2. The first-order valence-corrected chi connectivity index (χ1v) is 4.03. The molecule has 70 valence electrons. The second kappa shape index (κ2) is 3.37. The SMILES string of the molecule is CC(F)(F)CC1CCCOC1=O. The van der Waals surface area contributed by atoms with E-state index >= 15 is 0 Å². The van der Waals surface area contributed by atoms with Crippen LogP contribution in [0, 0.1) is 5.92 Å². The van der Waals surface area contributed by atoms with Gasteiger partial charge in [0.1, 0.15) is 0 Å². The lowest BCUT2D eigenvalue weighted by Crippen LogP contribution is -2.29. The molecule has 0 radical (unpaired) electrons. The minimum absolute atomic E-state index is 0.380. The summed E-state index contributed by atoms with van der Waals surface area (Å²) < 4.78 is 29.6. The van der Waals surface area contributed by atoms with Crippen molar-refractivity contribution in [3.05, 3.63) is 0 Å². The molecule has 1 saturated heterocycles. The van der Waals surface area contributed by atoms with Gasteiger partial charge in [-0.2, -0.15) is 0 Å². The summed E-state index contributed by atoms with van der Waals surface area (Å²) in [5.74, 6) is -3.83. The third kappa shape index (κ3) is 2.75. The normalized spacial score (nSPS) is 25.2. The Morgan fingerprint density at radius 2 is 2.33 bits per heavy atom. The number of esters is 1. The second-order valence-electron chi connectivity index (χ2n) is 3.28. The lowest BCUT2D eigenvalue weighted by Gasteiger charge is -2.23. The predicted molar refractivity (Wildman–Crippen MR) is 38.9 cm³/mol. The fourth-order valence-electron chi connectivity index (χ4n) is 1.36. The predicted octanol–water partition coefficient (Wildman–Crippen LogP) is 1.98. The molecule has 1 rings (SSSR count). The Labute approximate surface area is 69.9 Å². The van der Waals surface area contributed by atoms with Crippen LogP contribution >= 0.6 is 0 Å². The zero-order chi connectivity index (χ0) is 9.19. The highest BCUT2D eigenvalue weighted by Gasteiger charge is 2.33. The van der Waals surface area contributed by atoms with Crippen LogP contribution < -0.4 is 0 Å². The van der Waals surface area contributed by atoms with E-state index in [4.69, 9.17) is 0 Å². The van der Waals surface area contributed by atoms with Crippen molar-refractivity contribution in [3.8, 4) is 0 Å². The molecule has 0 aromatic carbocycles. The maximum absolute atomic E-state index is 12.5. The van der Waals surface area contributed by atoms with Crippen molar-refractivity contribution in [2.75, 3.05) is 6.61 Å². The number of carbonyl (C=O) groups is 1. The van der Waals surface area contributed by atoms with Gasteiger partial charge in [0.15, 0.2) is 0 Å². The van der Waals surface area contributed by atoms with Gasteiger partial charge in [-0.3, -0.25) is 4.79 Å². The molecule has 0 aromatic heterocycles. The molecule has 12 heavy (non-hydrogen) atoms. The van der Waals surface area contributed by atoms with Gasteiger partial charge in [0, 0.05) is 6.42 Å². The molecule has 4 heteroatoms. The Balaban J connectivity index is 2.45. The van der Waals surface area contributed by atoms with Crippen LogP contribution in [0.15, 0.2) is 0 Å². The lowest BCUT2D eigenvalue weighted by atomic mass is 9.95. The van der Waals surface area contributed by atoms with Crippen LogP contribution in [0.1, 0.15) is 26.2 Å². The highest BCUT2D eigenvalue weighted by molar-refractivity contribution is 5.73. The number of alkyl halides is 2. The van der Waals surface area contributed by atoms with Crippen LogP contribution in [0.25, 0.3) is 0 Å². The number of halogens is 2. The fraction of sp³-hybridized carbons (Fsp3) is 0.875. The Morgan fingerprint density at radius 3 is 2.83 bits per heavy atom. The topological polar surface area (TPSA) is 26.3 Å². The average Bonchev–Trinajstić information content (AvgIpc) is 1.91. The van der Waals surface area contributed by atoms with Gasteiger partial charge in [-0.15, -0.1) is 0 Å². The van der Waals surface area contributed by atoms with Crippen molar-refractivity contribution in [1.82, 2.24) is 0 Å². The van der Waals surface area contributed by atoms with Crippen molar-refractivity contribution in [2.24, 2.45) is 5.92 Å². The molecular formula is C8H12F2O2. The Bertz CT molecular complexity index is 174. The molecule has 2 nitrogen and oxygen atoms in total. The molecule has 1 aliphatic heterocycles. The molecule has 1 fully saturated rings. The van der Waals surface area contributed by atoms with Gasteiger partial charge in [0.2, 0.25) is 5.92 Å². The number of cyclic esters (lactones) is 1. The maximum atomic E-state index is 12.5. The van der Waals surface area contributed by atoms with Gasteiger partial charge >= 0.3 is 5.97 Å². The van der Waals surface area contributed by atoms with Crippen molar-refractivity contribution >= 4 is 5.97 Å². The fourth-order valence-corrected chi connectivity index (χ4v) is 1.36. The van der Waals surface area contributed by atoms with Gasteiger partial charge in [-0.1, -0.05) is 0 Å². The van der Waals surface area contributed by atoms with E-state index in [9.17, 15) is 13.6 Å². The molecule has 0 aromatic rings. The molecule has 0 spiro atoms. The van der Waals surface area contributed by atoms with E-state index in [-0.39, 0.29) is 6.42 Å². The number of rotatable bonds is 2. The Kier molecular flexibility index (Phi) is 2.65. The van der Waals surface area contributed by atoms with E-state index < -0.39 is 17.8 Å². The molecule has 1 unspecified atom stereocenters. The Hall–Kier alpha value is -0.670. The third-order valence-corrected chi connectivity index (χ3v) is 1.88. The second-order valence-corrected chi connectivity index (χ2v) is 3.28. The van der Waals surface area contributed by atoms with Gasteiger partial charge < -0.3 is 4.74 Å². The minimum Gasteiger partial charge on any atom is -0.465 e. The molecular weight excluding hydrogens is 166 g/mol. The summed E-state index contributed by atoms with van der Waals surface area (Å²) in [6.07, 6.45) is 0.848. The summed E-state index contributed by atoms with van der Waals surface area (Å²) in [4.78, 5) is 10.9. The highest BCUT2D eigenvalue weighted by atomic mass is 19.3. The summed E-state index contributed by atoms with van der Waals surface area (Å²) >= 11 is 0. The van der Waals surface area contributed by atoms with E-state index in [0.29, 0.717) is 19.4 Å². The maximum Gasteiger partial charge on any atom is 0.309 e. The molecule has 0 bridgehead atoms. The van der Waals surface area contributed by atoms with E-state index in [1.165, 1.54) is 0 Å². The standard InChI is InChI=1S/C8H12F2O2/c1-8(9,10)5-6-3-2-4-12-7(6)11/h6H,2-5H2,1H3. The number of ether oxygens (including phenoxy) is 1. The Morgan fingerprint density at radius 1 is 1.67 bits per heavy atom. The summed E-state index contributed by atoms with van der Waals surface area (Å²) in [6.45, 7) is 1.21. The number of carbonyl (C=O) groups excluding carboxylic acids is 1. The zero-order valence-corrected chi connectivity index (χ0v) is 6.98. The average molecular weight is 178 g/mol. The smallest absolute Gasteiger partial charge is 0.309 e. The van der Waals surface area contributed by atoms with Crippen molar-refractivity contribution in [2.45, 2.75) is 32.1 Å². The van der Waals surface area contributed by atoms with Crippen LogP contribution in [-0.2, 0) is 9.53 Å². The van der Waals surface area contributed by atoms with Crippen LogP contribution in [-0.4, -0.2) is 18.5 Å². The van der Waals surface area contributed by atoms with Crippen LogP contribution in [0.2, 0.25) is 0 Å². The quantitative estimate of drug-likeness (QED) is 0.604. The summed E-state index contributed by atoms with van der Waals surface area (Å²) in [5.41, 5.74) is 0.